The van der Waals surface area contributed by atoms with Crippen molar-refractivity contribution in [3.05, 3.63) is 58.7 Å². The minimum atomic E-state index is -4.38. The fourth-order valence-electron chi connectivity index (χ4n) is 8.52. The smallest absolute Gasteiger partial charge is 0.416 e. The zero-order valence-corrected chi connectivity index (χ0v) is 22.9. The summed E-state index contributed by atoms with van der Waals surface area (Å²) in [5.74, 6) is 0.666. The molecule has 4 aliphatic rings. The van der Waals surface area contributed by atoms with Gasteiger partial charge in [-0.1, -0.05) is 18.2 Å². The molecule has 5 atom stereocenters. The summed E-state index contributed by atoms with van der Waals surface area (Å²) in [6.07, 6.45) is -0.691. The molecule has 0 aromatic heterocycles. The first-order valence-corrected chi connectivity index (χ1v) is 13.7. The molecule has 2 fully saturated rings. The van der Waals surface area contributed by atoms with Gasteiger partial charge in [0, 0.05) is 30.6 Å². The number of halogens is 3. The van der Waals surface area contributed by atoms with Crippen molar-refractivity contribution in [1.82, 2.24) is 14.7 Å². The van der Waals surface area contributed by atoms with E-state index in [2.05, 4.69) is 30.9 Å². The fraction of sp³-hybridized carbons (Fsp3) is 0.567. The number of phenols is 1. The number of piperidine rings is 1. The zero-order chi connectivity index (χ0) is 27.9. The van der Waals surface area contributed by atoms with E-state index in [0.29, 0.717) is 17.7 Å². The molecule has 0 radical (unpaired) electrons. The van der Waals surface area contributed by atoms with Crippen molar-refractivity contribution in [2.75, 3.05) is 34.7 Å². The van der Waals surface area contributed by atoms with Gasteiger partial charge in [-0.05, 0) is 89.1 Å². The van der Waals surface area contributed by atoms with Crippen molar-refractivity contribution < 1.29 is 27.8 Å². The fourth-order valence-corrected chi connectivity index (χ4v) is 8.52. The van der Waals surface area contributed by atoms with Crippen LogP contribution in [0.25, 0.3) is 0 Å². The van der Waals surface area contributed by atoms with Crippen molar-refractivity contribution in [3.63, 3.8) is 0 Å². The van der Waals surface area contributed by atoms with E-state index in [1.807, 2.05) is 13.1 Å². The molecule has 1 saturated carbocycles. The predicted molar refractivity (Wildman–Crippen MR) is 141 cm³/mol. The highest BCUT2D eigenvalue weighted by molar-refractivity contribution is 5.77. The number of nitrogens with zero attached hydrogens (tertiary/aromatic N) is 3. The van der Waals surface area contributed by atoms with E-state index >= 15 is 0 Å². The first-order chi connectivity index (χ1) is 18.4. The lowest BCUT2D eigenvalue weighted by Crippen LogP contribution is -2.81. The molecule has 2 aromatic carbocycles. The van der Waals surface area contributed by atoms with Crippen molar-refractivity contribution in [2.24, 2.45) is 0 Å². The van der Waals surface area contributed by atoms with Crippen LogP contribution < -0.4 is 4.74 Å². The Hall–Kier alpha value is -2.78. The van der Waals surface area contributed by atoms with E-state index in [1.54, 1.807) is 11.0 Å². The van der Waals surface area contributed by atoms with Crippen LogP contribution in [0, 0.1) is 0 Å². The number of amides is 1. The maximum Gasteiger partial charge on any atom is 0.416 e. The van der Waals surface area contributed by atoms with Crippen LogP contribution in [0.15, 0.2) is 36.4 Å². The summed E-state index contributed by atoms with van der Waals surface area (Å²) in [5.41, 5.74) is 1.79. The van der Waals surface area contributed by atoms with Gasteiger partial charge in [0.2, 0.25) is 5.91 Å². The van der Waals surface area contributed by atoms with Gasteiger partial charge in [0.15, 0.2) is 11.5 Å². The average molecular weight is 544 g/mol. The molecular weight excluding hydrogens is 507 g/mol. The maximum atomic E-state index is 13.5. The summed E-state index contributed by atoms with van der Waals surface area (Å²) in [6, 6.07) is 8.91. The SMILES string of the molecule is CN(C(=O)CCc1ccc(C(F)(F)F)cc1)C1CC[C@@]2(N(C)C)[C@H]3Cc4ccc(O)c5c4[C@@]2(CCN3C)C1O5. The third-order valence-corrected chi connectivity index (χ3v) is 10.3. The van der Waals surface area contributed by atoms with Crippen LogP contribution in [-0.4, -0.2) is 84.2 Å². The molecule has 1 amide bonds. The predicted octanol–water partition coefficient (Wildman–Crippen LogP) is 4.22. The van der Waals surface area contributed by atoms with Gasteiger partial charge in [-0.3, -0.25) is 4.79 Å². The minimum absolute atomic E-state index is 0.0575. The van der Waals surface area contributed by atoms with Crippen molar-refractivity contribution in [2.45, 2.75) is 73.8 Å². The Balaban J connectivity index is 1.30. The van der Waals surface area contributed by atoms with Gasteiger partial charge in [0.1, 0.15) is 6.10 Å². The number of carbonyl (C=O) groups is 1. The largest absolute Gasteiger partial charge is 0.504 e. The first-order valence-electron chi connectivity index (χ1n) is 13.7. The number of ether oxygens (including phenoxy) is 1. The summed E-state index contributed by atoms with van der Waals surface area (Å²) in [4.78, 5) is 20.1. The van der Waals surface area contributed by atoms with E-state index in [-0.39, 0.29) is 47.2 Å². The summed E-state index contributed by atoms with van der Waals surface area (Å²) in [5, 5.41) is 10.9. The topological polar surface area (TPSA) is 56.2 Å². The van der Waals surface area contributed by atoms with Gasteiger partial charge in [0.25, 0.3) is 0 Å². The monoisotopic (exact) mass is 543 g/mol. The molecule has 2 heterocycles. The van der Waals surface area contributed by atoms with E-state index in [0.717, 1.165) is 49.9 Å². The van der Waals surface area contributed by atoms with Crippen LogP contribution in [-0.2, 0) is 29.2 Å². The quantitative estimate of drug-likeness (QED) is 0.612. The standard InChI is InChI=1S/C30H36F3N3O3/c1-34(2)29-14-13-21(36(4)24(38)12-7-18-5-9-20(10-6-18)30(31,32)33)27-28(29)15-16-35(3)23(29)17-19-8-11-22(37)26(39-27)25(19)28/h5-6,8-11,21,23,27,37H,7,12-17H2,1-4H3/t21?,23-,27?,28+,29-/m1/s1. The zero-order valence-electron chi connectivity index (χ0n) is 22.9. The molecule has 6 nitrogen and oxygen atoms in total. The van der Waals surface area contributed by atoms with Gasteiger partial charge in [-0.25, -0.2) is 0 Å². The molecule has 1 spiro atoms. The highest BCUT2D eigenvalue weighted by atomic mass is 19.4. The van der Waals surface area contributed by atoms with Gasteiger partial charge >= 0.3 is 6.18 Å². The van der Waals surface area contributed by atoms with Crippen LogP contribution >= 0.6 is 0 Å². The molecule has 2 aromatic rings. The lowest BCUT2D eigenvalue weighted by molar-refractivity contribution is -0.159. The number of benzene rings is 2. The number of hydrogen-bond donors (Lipinski definition) is 1. The molecule has 1 N–H and O–H groups in total. The number of alkyl halides is 3. The Morgan fingerprint density at radius 2 is 1.85 bits per heavy atom. The maximum absolute atomic E-state index is 13.5. The van der Waals surface area contributed by atoms with E-state index in [1.165, 1.54) is 17.7 Å². The second-order valence-electron chi connectivity index (χ2n) is 12.0. The Morgan fingerprint density at radius 3 is 2.51 bits per heavy atom. The minimum Gasteiger partial charge on any atom is -0.504 e. The normalized spacial score (nSPS) is 31.1. The molecule has 2 unspecified atom stereocenters. The van der Waals surface area contributed by atoms with Crippen LogP contribution in [0.1, 0.15) is 47.9 Å². The van der Waals surface area contributed by atoms with Crippen LogP contribution in [0.4, 0.5) is 13.2 Å². The van der Waals surface area contributed by atoms with Gasteiger partial charge < -0.3 is 24.5 Å². The number of aryl methyl sites for hydroxylation is 1. The van der Waals surface area contributed by atoms with Crippen molar-refractivity contribution in [3.8, 4) is 11.5 Å². The second kappa shape index (κ2) is 8.86. The third kappa shape index (κ3) is 3.58. The van der Waals surface area contributed by atoms with Crippen molar-refractivity contribution in [1.29, 1.82) is 0 Å². The van der Waals surface area contributed by atoms with Crippen LogP contribution in [0.2, 0.25) is 0 Å². The van der Waals surface area contributed by atoms with Crippen molar-refractivity contribution >= 4 is 5.91 Å². The molecule has 2 bridgehead atoms. The summed E-state index contributed by atoms with van der Waals surface area (Å²) in [7, 11) is 8.32. The number of likely N-dealkylation sites (N-methyl/N-ethyl adjacent to an activating group) is 3. The number of hydrogen-bond acceptors (Lipinski definition) is 5. The average Bonchev–Trinajstić information content (AvgIpc) is 3.25. The Morgan fingerprint density at radius 1 is 1.13 bits per heavy atom. The molecule has 1 saturated heterocycles. The number of rotatable bonds is 5. The van der Waals surface area contributed by atoms with E-state index < -0.39 is 11.7 Å². The van der Waals surface area contributed by atoms with E-state index in [9.17, 15) is 23.1 Å². The highest BCUT2D eigenvalue weighted by Crippen LogP contribution is 2.67. The van der Waals surface area contributed by atoms with Crippen LogP contribution in [0.5, 0.6) is 11.5 Å². The first kappa shape index (κ1) is 26.4. The molecule has 6 rings (SSSR count). The lowest BCUT2D eigenvalue weighted by Gasteiger charge is -2.68. The summed E-state index contributed by atoms with van der Waals surface area (Å²) >= 11 is 0. The molecule has 9 heteroatoms. The van der Waals surface area contributed by atoms with Gasteiger partial charge in [0.05, 0.1) is 17.0 Å². The van der Waals surface area contributed by atoms with Gasteiger partial charge in [-0.15, -0.1) is 0 Å². The molecule has 2 aliphatic heterocycles. The number of phenolic OH excluding ortho intramolecular Hbond substituents is 1. The number of carbonyl (C=O) groups excluding carboxylic acids is 1. The second-order valence-corrected chi connectivity index (χ2v) is 12.0. The molecule has 39 heavy (non-hydrogen) atoms. The van der Waals surface area contributed by atoms with E-state index in [4.69, 9.17) is 4.74 Å². The summed E-state index contributed by atoms with van der Waals surface area (Å²) < 4.78 is 45.5. The highest BCUT2D eigenvalue weighted by Gasteiger charge is 2.74. The third-order valence-electron chi connectivity index (χ3n) is 10.3. The Labute approximate surface area is 227 Å². The number of aromatic hydroxyl groups is 1. The van der Waals surface area contributed by atoms with Crippen LogP contribution in [0.3, 0.4) is 0 Å². The molecule has 210 valence electrons. The summed E-state index contributed by atoms with van der Waals surface area (Å²) in [6.45, 7) is 0.910. The Kier molecular flexibility index (Phi) is 6.01. The van der Waals surface area contributed by atoms with Gasteiger partial charge in [-0.2, -0.15) is 13.2 Å². The lowest BCUT2D eigenvalue weighted by atomic mass is 9.46. The number of likely N-dealkylation sites (tertiary alicyclic amines) is 1. The molecule has 2 aliphatic carbocycles. The Bertz CT molecular complexity index is 1300. The molecular formula is C30H36F3N3O3.